The molecule has 2 aromatic rings. The maximum absolute atomic E-state index is 12.6. The van der Waals surface area contributed by atoms with Crippen LogP contribution in [0.3, 0.4) is 0 Å². The minimum atomic E-state index is -4.49. The molecule has 0 radical (unpaired) electrons. The first kappa shape index (κ1) is 22.3. The molecular formula is C18H19F3N2O5S. The van der Waals surface area contributed by atoms with Crippen LogP contribution in [0.2, 0.25) is 0 Å². The van der Waals surface area contributed by atoms with Gasteiger partial charge in [0, 0.05) is 11.8 Å². The average molecular weight is 432 g/mol. The summed E-state index contributed by atoms with van der Waals surface area (Å²) in [4.78, 5) is 11.4. The van der Waals surface area contributed by atoms with Crippen LogP contribution in [0.4, 0.5) is 18.9 Å². The predicted octanol–water partition coefficient (Wildman–Crippen LogP) is 2.73. The summed E-state index contributed by atoms with van der Waals surface area (Å²) in [6.07, 6.45) is -4.75. The molecule has 2 N–H and O–H groups in total. The van der Waals surface area contributed by atoms with E-state index in [1.54, 1.807) is 5.32 Å². The molecule has 11 heteroatoms. The zero-order valence-corrected chi connectivity index (χ0v) is 16.4. The van der Waals surface area contributed by atoms with E-state index >= 15 is 0 Å². The standard InChI is InChI=1S/C18H19F3N2O5S/c1-27-14-7-8-16(15(10-14)28-2)29(25,26)23-13-5-3-12(4-6-13)9-17(24)22-11-18(19,20)21/h3-8,10,23H,9,11H2,1-2H3,(H,22,24). The number of hydrogen-bond acceptors (Lipinski definition) is 5. The molecule has 2 rings (SSSR count). The Morgan fingerprint density at radius 3 is 2.24 bits per heavy atom. The van der Waals surface area contributed by atoms with Crippen molar-refractivity contribution in [3.05, 3.63) is 48.0 Å². The normalized spacial score (nSPS) is 11.6. The molecule has 0 aliphatic heterocycles. The molecule has 0 fully saturated rings. The summed E-state index contributed by atoms with van der Waals surface area (Å²) in [5.41, 5.74) is 0.636. The number of halogens is 3. The fourth-order valence-corrected chi connectivity index (χ4v) is 3.56. The highest BCUT2D eigenvalue weighted by atomic mass is 32.2. The topological polar surface area (TPSA) is 93.7 Å². The second-order valence-electron chi connectivity index (χ2n) is 5.89. The highest BCUT2D eigenvalue weighted by Gasteiger charge is 2.27. The molecule has 0 saturated carbocycles. The van der Waals surface area contributed by atoms with Crippen LogP contribution < -0.4 is 19.5 Å². The van der Waals surface area contributed by atoms with Gasteiger partial charge >= 0.3 is 6.18 Å². The summed E-state index contributed by atoms with van der Waals surface area (Å²) in [6, 6.07) is 9.92. The van der Waals surface area contributed by atoms with E-state index in [4.69, 9.17) is 9.47 Å². The zero-order chi connectivity index (χ0) is 21.7. The number of benzene rings is 2. The number of sulfonamides is 1. The molecule has 0 aromatic heterocycles. The van der Waals surface area contributed by atoms with Crippen LogP contribution >= 0.6 is 0 Å². The summed E-state index contributed by atoms with van der Waals surface area (Å²) >= 11 is 0. The molecule has 158 valence electrons. The molecule has 29 heavy (non-hydrogen) atoms. The molecular weight excluding hydrogens is 413 g/mol. The van der Waals surface area contributed by atoms with Gasteiger partial charge in [-0.1, -0.05) is 12.1 Å². The van der Waals surface area contributed by atoms with Crippen LogP contribution in [0.1, 0.15) is 5.56 Å². The fraction of sp³-hybridized carbons (Fsp3) is 0.278. The van der Waals surface area contributed by atoms with Gasteiger partial charge in [-0.3, -0.25) is 9.52 Å². The smallest absolute Gasteiger partial charge is 0.405 e. The van der Waals surface area contributed by atoms with Crippen molar-refractivity contribution < 1.29 is 35.9 Å². The Kier molecular flexibility index (Phi) is 6.96. The lowest BCUT2D eigenvalue weighted by molar-refractivity contribution is -0.138. The SMILES string of the molecule is COc1ccc(S(=O)(=O)Nc2ccc(CC(=O)NCC(F)(F)F)cc2)c(OC)c1. The van der Waals surface area contributed by atoms with Crippen LogP contribution in [-0.2, 0) is 21.2 Å². The molecule has 7 nitrogen and oxygen atoms in total. The molecule has 0 unspecified atom stereocenters. The van der Waals surface area contributed by atoms with Crippen molar-refractivity contribution in [3.63, 3.8) is 0 Å². The van der Waals surface area contributed by atoms with E-state index in [0.717, 1.165) is 0 Å². The largest absolute Gasteiger partial charge is 0.497 e. The van der Waals surface area contributed by atoms with Gasteiger partial charge in [-0.25, -0.2) is 8.42 Å². The van der Waals surface area contributed by atoms with E-state index in [9.17, 15) is 26.4 Å². The predicted molar refractivity (Wildman–Crippen MR) is 99.6 cm³/mol. The van der Waals surface area contributed by atoms with Crippen molar-refractivity contribution in [1.82, 2.24) is 5.32 Å². The van der Waals surface area contributed by atoms with Crippen LogP contribution in [0.5, 0.6) is 11.5 Å². The number of anilines is 1. The van der Waals surface area contributed by atoms with Crippen molar-refractivity contribution in [2.45, 2.75) is 17.5 Å². The molecule has 0 aliphatic carbocycles. The van der Waals surface area contributed by atoms with Crippen molar-refractivity contribution in [2.75, 3.05) is 25.5 Å². The number of rotatable bonds is 8. The summed E-state index contributed by atoms with van der Waals surface area (Å²) in [7, 11) is -1.21. The Morgan fingerprint density at radius 2 is 1.69 bits per heavy atom. The highest BCUT2D eigenvalue weighted by molar-refractivity contribution is 7.92. The quantitative estimate of drug-likeness (QED) is 0.669. The molecule has 0 aliphatic rings. The summed E-state index contributed by atoms with van der Waals surface area (Å²) in [5.74, 6) is -0.276. The van der Waals surface area contributed by atoms with Crippen molar-refractivity contribution >= 4 is 21.6 Å². The lowest BCUT2D eigenvalue weighted by atomic mass is 10.1. The van der Waals surface area contributed by atoms with Gasteiger partial charge < -0.3 is 14.8 Å². The van der Waals surface area contributed by atoms with E-state index in [2.05, 4.69) is 4.72 Å². The molecule has 0 bridgehead atoms. The number of alkyl halides is 3. The molecule has 0 saturated heterocycles. The number of amides is 1. The summed E-state index contributed by atoms with van der Waals surface area (Å²) < 4.78 is 74.1. The molecule has 0 heterocycles. The van der Waals surface area contributed by atoms with Gasteiger partial charge in [-0.15, -0.1) is 0 Å². The van der Waals surface area contributed by atoms with Crippen molar-refractivity contribution in [1.29, 1.82) is 0 Å². The Labute approximate surface area is 165 Å². The van der Waals surface area contributed by atoms with E-state index in [1.165, 1.54) is 56.7 Å². The Bertz CT molecular complexity index is 960. The number of carbonyl (C=O) groups is 1. The van der Waals surface area contributed by atoms with Crippen LogP contribution in [0.15, 0.2) is 47.4 Å². The Morgan fingerprint density at radius 1 is 1.03 bits per heavy atom. The number of ether oxygens (including phenoxy) is 2. The maximum atomic E-state index is 12.6. The summed E-state index contributed by atoms with van der Waals surface area (Å²) in [6.45, 7) is -1.41. The minimum absolute atomic E-state index is 0.0924. The first-order chi connectivity index (χ1) is 13.5. The van der Waals surface area contributed by atoms with Gasteiger partial charge in [0.15, 0.2) is 0 Å². The lowest BCUT2D eigenvalue weighted by Crippen LogP contribution is -2.34. The first-order valence-electron chi connectivity index (χ1n) is 8.21. The Balaban J connectivity index is 2.08. The monoisotopic (exact) mass is 432 g/mol. The van der Waals surface area contributed by atoms with E-state index in [-0.39, 0.29) is 22.8 Å². The van der Waals surface area contributed by atoms with Crippen LogP contribution in [0.25, 0.3) is 0 Å². The lowest BCUT2D eigenvalue weighted by Gasteiger charge is -2.13. The minimum Gasteiger partial charge on any atom is -0.497 e. The van der Waals surface area contributed by atoms with Gasteiger partial charge in [-0.05, 0) is 29.8 Å². The molecule has 0 spiro atoms. The van der Waals surface area contributed by atoms with Crippen molar-refractivity contribution in [2.24, 2.45) is 0 Å². The summed E-state index contributed by atoms with van der Waals surface area (Å²) in [5, 5.41) is 1.77. The second-order valence-corrected chi connectivity index (χ2v) is 7.54. The van der Waals surface area contributed by atoms with Gasteiger partial charge in [0.05, 0.1) is 20.6 Å². The van der Waals surface area contributed by atoms with E-state index < -0.39 is 28.7 Å². The van der Waals surface area contributed by atoms with Gasteiger partial charge in [-0.2, -0.15) is 13.2 Å². The maximum Gasteiger partial charge on any atom is 0.405 e. The number of carbonyl (C=O) groups excluding carboxylic acids is 1. The third-order valence-electron chi connectivity index (χ3n) is 3.72. The van der Waals surface area contributed by atoms with E-state index in [1.807, 2.05) is 0 Å². The fourth-order valence-electron chi connectivity index (χ4n) is 2.34. The first-order valence-corrected chi connectivity index (χ1v) is 9.69. The van der Waals surface area contributed by atoms with E-state index in [0.29, 0.717) is 11.3 Å². The van der Waals surface area contributed by atoms with Crippen molar-refractivity contribution in [3.8, 4) is 11.5 Å². The van der Waals surface area contributed by atoms with Crippen LogP contribution in [-0.4, -0.2) is 41.3 Å². The number of methoxy groups -OCH3 is 2. The molecule has 1 amide bonds. The zero-order valence-electron chi connectivity index (χ0n) is 15.5. The van der Waals surface area contributed by atoms with Gasteiger partial charge in [0.25, 0.3) is 10.0 Å². The van der Waals surface area contributed by atoms with Crippen LogP contribution in [0, 0.1) is 0 Å². The number of nitrogens with one attached hydrogen (secondary N) is 2. The average Bonchev–Trinajstić information content (AvgIpc) is 2.66. The number of hydrogen-bond donors (Lipinski definition) is 2. The third kappa shape index (κ3) is 6.56. The van der Waals surface area contributed by atoms with Gasteiger partial charge in [0.1, 0.15) is 22.9 Å². The third-order valence-corrected chi connectivity index (χ3v) is 5.14. The molecule has 0 atom stereocenters. The van der Waals surface area contributed by atoms with Gasteiger partial charge in [0.2, 0.25) is 5.91 Å². The molecule has 2 aromatic carbocycles. The second kappa shape index (κ2) is 9.03. The Hall–Kier alpha value is -2.95. The highest BCUT2D eigenvalue weighted by Crippen LogP contribution is 2.29.